The highest BCUT2D eigenvalue weighted by Gasteiger charge is 2.34. The molecule has 1 heterocycles. The lowest BCUT2D eigenvalue weighted by atomic mass is 10.1. The van der Waals surface area contributed by atoms with Crippen LogP contribution in [-0.2, 0) is 4.79 Å². The molecule has 0 unspecified atom stereocenters. The highest BCUT2D eigenvalue weighted by Crippen LogP contribution is 2.40. The minimum atomic E-state index is -0.459. The summed E-state index contributed by atoms with van der Waals surface area (Å²) in [6.07, 6.45) is 1.57. The Labute approximate surface area is 194 Å². The van der Waals surface area contributed by atoms with Crippen molar-refractivity contribution in [3.05, 3.63) is 58.0 Å². The van der Waals surface area contributed by atoms with Gasteiger partial charge in [0.1, 0.15) is 0 Å². The Hall–Kier alpha value is -3.97. The number of imide groups is 1. The van der Waals surface area contributed by atoms with Gasteiger partial charge < -0.3 is 19.5 Å². The number of nitrogens with one attached hydrogen (secondary N) is 1. The predicted octanol–water partition coefficient (Wildman–Crippen LogP) is 3.05. The number of nitriles is 1. The van der Waals surface area contributed by atoms with Gasteiger partial charge in [0.2, 0.25) is 5.75 Å². The highest BCUT2D eigenvalue weighted by molar-refractivity contribution is 8.18. The Morgan fingerprint density at radius 1 is 1.12 bits per heavy atom. The van der Waals surface area contributed by atoms with E-state index in [1.54, 1.807) is 36.4 Å². The van der Waals surface area contributed by atoms with Gasteiger partial charge >= 0.3 is 0 Å². The first-order valence-corrected chi connectivity index (χ1v) is 10.6. The normalized spacial score (nSPS) is 14.2. The molecule has 2 aromatic rings. The molecule has 1 aliphatic rings. The molecule has 0 aliphatic carbocycles. The van der Waals surface area contributed by atoms with Crippen molar-refractivity contribution in [3.63, 3.8) is 0 Å². The summed E-state index contributed by atoms with van der Waals surface area (Å²) in [5.41, 5.74) is 1.29. The zero-order valence-corrected chi connectivity index (χ0v) is 19.0. The summed E-state index contributed by atoms with van der Waals surface area (Å²) in [5, 5.41) is 11.2. The third kappa shape index (κ3) is 5.27. The number of nitrogens with zero attached hydrogens (tertiary/aromatic N) is 2. The topological polar surface area (TPSA) is 118 Å². The van der Waals surface area contributed by atoms with Gasteiger partial charge in [0, 0.05) is 18.7 Å². The first kappa shape index (κ1) is 23.7. The molecule has 3 amide bonds. The Bertz CT molecular complexity index is 1150. The molecular formula is C23H21N3O6S. The Morgan fingerprint density at radius 2 is 1.82 bits per heavy atom. The molecule has 0 atom stereocenters. The van der Waals surface area contributed by atoms with E-state index in [0.29, 0.717) is 33.9 Å². The molecule has 0 aromatic heterocycles. The molecule has 1 N–H and O–H groups in total. The van der Waals surface area contributed by atoms with Crippen molar-refractivity contribution >= 4 is 34.9 Å². The van der Waals surface area contributed by atoms with Crippen LogP contribution in [-0.4, -0.2) is 56.4 Å². The molecule has 0 radical (unpaired) electrons. The lowest BCUT2D eigenvalue weighted by molar-refractivity contribution is -0.122. The van der Waals surface area contributed by atoms with E-state index in [4.69, 9.17) is 19.5 Å². The maximum atomic E-state index is 12.8. The van der Waals surface area contributed by atoms with Gasteiger partial charge in [0.25, 0.3) is 17.1 Å². The molecule has 3 rings (SSSR count). The predicted molar refractivity (Wildman–Crippen MR) is 122 cm³/mol. The van der Waals surface area contributed by atoms with Crippen LogP contribution in [0.5, 0.6) is 17.2 Å². The largest absolute Gasteiger partial charge is 0.493 e. The Balaban J connectivity index is 1.69. The van der Waals surface area contributed by atoms with Gasteiger partial charge in [0.15, 0.2) is 11.5 Å². The fraction of sp³-hybridized carbons (Fsp3) is 0.217. The van der Waals surface area contributed by atoms with E-state index in [2.05, 4.69) is 5.32 Å². The van der Waals surface area contributed by atoms with Gasteiger partial charge in [-0.15, -0.1) is 0 Å². The average molecular weight is 468 g/mol. The van der Waals surface area contributed by atoms with Crippen molar-refractivity contribution in [2.75, 3.05) is 34.4 Å². The summed E-state index contributed by atoms with van der Waals surface area (Å²) in [7, 11) is 4.46. The maximum absolute atomic E-state index is 12.8. The van der Waals surface area contributed by atoms with Crippen molar-refractivity contribution in [3.8, 4) is 23.3 Å². The minimum Gasteiger partial charge on any atom is -0.493 e. The first-order valence-electron chi connectivity index (χ1n) is 9.75. The molecular weight excluding hydrogens is 446 g/mol. The molecule has 9 nitrogen and oxygen atoms in total. The Kier molecular flexibility index (Phi) is 7.58. The molecule has 0 bridgehead atoms. The molecule has 1 fully saturated rings. The molecule has 1 saturated heterocycles. The van der Waals surface area contributed by atoms with Gasteiger partial charge in [0.05, 0.1) is 37.9 Å². The zero-order valence-electron chi connectivity index (χ0n) is 18.2. The van der Waals surface area contributed by atoms with Crippen LogP contribution >= 0.6 is 11.8 Å². The van der Waals surface area contributed by atoms with E-state index in [1.807, 2.05) is 6.07 Å². The molecule has 0 spiro atoms. The second kappa shape index (κ2) is 10.6. The highest BCUT2D eigenvalue weighted by atomic mass is 32.2. The summed E-state index contributed by atoms with van der Waals surface area (Å²) in [5.74, 6) is 0.406. The third-order valence-corrected chi connectivity index (χ3v) is 5.64. The van der Waals surface area contributed by atoms with E-state index >= 15 is 0 Å². The van der Waals surface area contributed by atoms with Crippen LogP contribution in [0.2, 0.25) is 0 Å². The van der Waals surface area contributed by atoms with Crippen molar-refractivity contribution in [1.29, 1.82) is 5.26 Å². The lowest BCUT2D eigenvalue weighted by Gasteiger charge is -2.13. The first-order chi connectivity index (χ1) is 15.9. The van der Waals surface area contributed by atoms with E-state index in [9.17, 15) is 14.4 Å². The van der Waals surface area contributed by atoms with Crippen molar-refractivity contribution in [2.24, 2.45) is 0 Å². The summed E-state index contributed by atoms with van der Waals surface area (Å²) in [6, 6.07) is 11.6. The van der Waals surface area contributed by atoms with Crippen molar-refractivity contribution in [2.45, 2.75) is 0 Å². The summed E-state index contributed by atoms with van der Waals surface area (Å²) >= 11 is 0.811. The van der Waals surface area contributed by atoms with Crippen LogP contribution in [0.1, 0.15) is 21.5 Å². The summed E-state index contributed by atoms with van der Waals surface area (Å²) in [6.45, 7) is 0.0893. The Morgan fingerprint density at radius 3 is 2.42 bits per heavy atom. The number of benzene rings is 2. The van der Waals surface area contributed by atoms with Crippen LogP contribution in [0.15, 0.2) is 41.3 Å². The number of rotatable bonds is 8. The molecule has 2 aromatic carbocycles. The number of ether oxygens (including phenoxy) is 3. The van der Waals surface area contributed by atoms with Crippen LogP contribution < -0.4 is 19.5 Å². The van der Waals surface area contributed by atoms with Crippen molar-refractivity contribution < 1.29 is 28.6 Å². The molecule has 10 heteroatoms. The SMILES string of the molecule is COc1cc(C=C2SC(=O)N(CCNC(=O)c3cccc(C#N)c3)C2=O)cc(OC)c1OC. The number of amides is 3. The minimum absolute atomic E-state index is 0.0148. The summed E-state index contributed by atoms with van der Waals surface area (Å²) < 4.78 is 15.9. The number of thioether (sulfide) groups is 1. The molecule has 0 saturated carbocycles. The van der Waals surface area contributed by atoms with E-state index in [0.717, 1.165) is 16.7 Å². The molecule has 1 aliphatic heterocycles. The number of carbonyl (C=O) groups excluding carboxylic acids is 3. The van der Waals surface area contributed by atoms with E-state index in [-0.39, 0.29) is 18.0 Å². The fourth-order valence-electron chi connectivity index (χ4n) is 3.14. The van der Waals surface area contributed by atoms with E-state index < -0.39 is 17.1 Å². The maximum Gasteiger partial charge on any atom is 0.293 e. The third-order valence-electron chi connectivity index (χ3n) is 4.73. The molecule has 170 valence electrons. The fourth-order valence-corrected chi connectivity index (χ4v) is 4.01. The van der Waals surface area contributed by atoms with Crippen LogP contribution in [0.3, 0.4) is 0 Å². The summed E-state index contributed by atoms with van der Waals surface area (Å²) in [4.78, 5) is 38.7. The van der Waals surface area contributed by atoms with Gasteiger partial charge in [-0.05, 0) is 53.7 Å². The average Bonchev–Trinajstić information content (AvgIpc) is 3.10. The quantitative estimate of drug-likeness (QED) is 0.589. The van der Waals surface area contributed by atoms with Gasteiger partial charge in [-0.2, -0.15) is 5.26 Å². The second-order valence-corrected chi connectivity index (χ2v) is 7.73. The zero-order chi connectivity index (χ0) is 24.0. The van der Waals surface area contributed by atoms with Crippen LogP contribution in [0.4, 0.5) is 4.79 Å². The van der Waals surface area contributed by atoms with Gasteiger partial charge in [-0.3, -0.25) is 19.3 Å². The van der Waals surface area contributed by atoms with Gasteiger partial charge in [-0.25, -0.2) is 0 Å². The number of methoxy groups -OCH3 is 3. The second-order valence-electron chi connectivity index (χ2n) is 6.74. The number of hydrogen-bond donors (Lipinski definition) is 1. The van der Waals surface area contributed by atoms with Gasteiger partial charge in [-0.1, -0.05) is 6.07 Å². The van der Waals surface area contributed by atoms with Crippen LogP contribution in [0, 0.1) is 11.3 Å². The smallest absolute Gasteiger partial charge is 0.293 e. The van der Waals surface area contributed by atoms with Crippen molar-refractivity contribution in [1.82, 2.24) is 10.2 Å². The monoisotopic (exact) mass is 467 g/mol. The van der Waals surface area contributed by atoms with Crippen LogP contribution in [0.25, 0.3) is 6.08 Å². The number of carbonyl (C=O) groups is 3. The standard InChI is InChI=1S/C23H21N3O6S/c1-30-17-10-15(11-18(31-2)20(17)32-3)12-19-22(28)26(23(29)33-19)8-7-25-21(27)16-6-4-5-14(9-16)13-24/h4-6,9-12H,7-8H2,1-3H3,(H,25,27). The number of hydrogen-bond acceptors (Lipinski definition) is 8. The van der Waals surface area contributed by atoms with E-state index in [1.165, 1.54) is 27.4 Å². The molecule has 33 heavy (non-hydrogen) atoms. The lowest BCUT2D eigenvalue weighted by Crippen LogP contribution is -2.37.